The average Bonchev–Trinajstić information content (AvgIpc) is 2.46. The molecule has 1 amide bonds. The number of hydrogen-bond acceptors (Lipinski definition) is 3. The first-order chi connectivity index (χ1) is 10.4. The van der Waals surface area contributed by atoms with Gasteiger partial charge in [0, 0.05) is 18.9 Å². The van der Waals surface area contributed by atoms with Crippen LogP contribution in [-0.2, 0) is 4.79 Å². The topological polar surface area (TPSA) is 47.6 Å². The molecule has 0 spiro atoms. The fraction of sp³-hybridized carbons (Fsp3) is 0.611. The summed E-state index contributed by atoms with van der Waals surface area (Å²) in [7, 11) is 3.26. The van der Waals surface area contributed by atoms with E-state index in [0.717, 1.165) is 17.1 Å². The van der Waals surface area contributed by atoms with Crippen molar-refractivity contribution >= 4 is 5.91 Å². The van der Waals surface area contributed by atoms with Crippen LogP contribution in [0.4, 0.5) is 0 Å². The molecular weight excluding hydrogens is 278 g/mol. The number of carbonyl (C=O) groups excluding carboxylic acids is 1. The average molecular weight is 307 g/mol. The predicted molar refractivity (Wildman–Crippen MR) is 89.6 cm³/mol. The Hall–Kier alpha value is -1.71. The Labute approximate surface area is 134 Å². The Morgan fingerprint density at radius 3 is 2.23 bits per heavy atom. The first-order valence-electron chi connectivity index (χ1n) is 7.87. The Morgan fingerprint density at radius 2 is 1.73 bits per heavy atom. The molecule has 1 aromatic carbocycles. The maximum absolute atomic E-state index is 11.9. The van der Waals surface area contributed by atoms with Crippen molar-refractivity contribution in [2.75, 3.05) is 20.8 Å². The van der Waals surface area contributed by atoms with Crippen molar-refractivity contribution in [3.63, 3.8) is 0 Å². The fourth-order valence-corrected chi connectivity index (χ4v) is 2.49. The third-order valence-electron chi connectivity index (χ3n) is 3.75. The van der Waals surface area contributed by atoms with E-state index in [-0.39, 0.29) is 11.8 Å². The molecule has 1 atom stereocenters. The van der Waals surface area contributed by atoms with E-state index in [4.69, 9.17) is 9.47 Å². The number of benzene rings is 1. The van der Waals surface area contributed by atoms with Crippen molar-refractivity contribution in [1.29, 1.82) is 0 Å². The van der Waals surface area contributed by atoms with Gasteiger partial charge in [-0.2, -0.15) is 0 Å². The summed E-state index contributed by atoms with van der Waals surface area (Å²) in [6.07, 6.45) is 0.566. The molecule has 0 aliphatic heterocycles. The van der Waals surface area contributed by atoms with E-state index >= 15 is 0 Å². The number of ether oxygens (including phenoxy) is 2. The molecule has 0 radical (unpaired) electrons. The second kappa shape index (κ2) is 8.66. The SMILES string of the molecule is COc1ccc(C(CNC(=O)CC(C)C)C(C)C)cc1OC. The normalized spacial score (nSPS) is 12.4. The van der Waals surface area contributed by atoms with Gasteiger partial charge in [0.2, 0.25) is 5.91 Å². The number of carbonyl (C=O) groups is 1. The summed E-state index contributed by atoms with van der Waals surface area (Å²) in [6.45, 7) is 9.06. The van der Waals surface area contributed by atoms with E-state index in [1.807, 2.05) is 32.0 Å². The number of rotatable bonds is 8. The minimum absolute atomic E-state index is 0.112. The minimum Gasteiger partial charge on any atom is -0.493 e. The number of nitrogens with one attached hydrogen (secondary N) is 1. The lowest BCUT2D eigenvalue weighted by atomic mass is 9.88. The third-order valence-corrected chi connectivity index (χ3v) is 3.75. The highest BCUT2D eigenvalue weighted by atomic mass is 16.5. The lowest BCUT2D eigenvalue weighted by Gasteiger charge is -2.23. The van der Waals surface area contributed by atoms with Crippen molar-refractivity contribution in [2.45, 2.75) is 40.0 Å². The highest BCUT2D eigenvalue weighted by Gasteiger charge is 2.19. The maximum atomic E-state index is 11.9. The van der Waals surface area contributed by atoms with Gasteiger partial charge in [0.25, 0.3) is 0 Å². The van der Waals surface area contributed by atoms with Gasteiger partial charge >= 0.3 is 0 Å². The zero-order valence-corrected chi connectivity index (χ0v) is 14.6. The van der Waals surface area contributed by atoms with Crippen molar-refractivity contribution in [2.24, 2.45) is 11.8 Å². The quantitative estimate of drug-likeness (QED) is 0.798. The fourth-order valence-electron chi connectivity index (χ4n) is 2.49. The van der Waals surface area contributed by atoms with Crippen molar-refractivity contribution < 1.29 is 14.3 Å². The standard InChI is InChI=1S/C18H29NO3/c1-12(2)9-18(20)19-11-15(13(3)4)14-7-8-16(21-5)17(10-14)22-6/h7-8,10,12-13,15H,9,11H2,1-6H3,(H,19,20). The first-order valence-corrected chi connectivity index (χ1v) is 7.87. The van der Waals surface area contributed by atoms with Crippen LogP contribution in [0.3, 0.4) is 0 Å². The largest absolute Gasteiger partial charge is 0.493 e. The van der Waals surface area contributed by atoms with Crippen LogP contribution in [0.1, 0.15) is 45.6 Å². The molecule has 0 saturated heterocycles. The molecule has 1 N–H and O–H groups in total. The number of methoxy groups -OCH3 is 2. The summed E-state index contributed by atoms with van der Waals surface area (Å²) >= 11 is 0. The van der Waals surface area contributed by atoms with Crippen LogP contribution < -0.4 is 14.8 Å². The highest BCUT2D eigenvalue weighted by molar-refractivity contribution is 5.76. The zero-order chi connectivity index (χ0) is 16.7. The summed E-state index contributed by atoms with van der Waals surface area (Å²) in [6, 6.07) is 5.96. The monoisotopic (exact) mass is 307 g/mol. The van der Waals surface area contributed by atoms with Crippen LogP contribution in [0.2, 0.25) is 0 Å². The summed E-state index contributed by atoms with van der Waals surface area (Å²) in [5.74, 6) is 2.59. The van der Waals surface area contributed by atoms with Gasteiger partial charge in [-0.25, -0.2) is 0 Å². The van der Waals surface area contributed by atoms with E-state index in [2.05, 4.69) is 19.2 Å². The summed E-state index contributed by atoms with van der Waals surface area (Å²) in [5, 5.41) is 3.05. The van der Waals surface area contributed by atoms with Crippen LogP contribution in [0.5, 0.6) is 11.5 Å². The van der Waals surface area contributed by atoms with Crippen LogP contribution in [-0.4, -0.2) is 26.7 Å². The Morgan fingerprint density at radius 1 is 1.09 bits per heavy atom. The van der Waals surface area contributed by atoms with Gasteiger partial charge in [-0.05, 0) is 29.5 Å². The van der Waals surface area contributed by atoms with Gasteiger partial charge in [0.05, 0.1) is 14.2 Å². The van der Waals surface area contributed by atoms with Crippen molar-refractivity contribution in [1.82, 2.24) is 5.32 Å². The van der Waals surface area contributed by atoms with E-state index in [0.29, 0.717) is 24.8 Å². The first kappa shape index (κ1) is 18.3. The van der Waals surface area contributed by atoms with Crippen LogP contribution >= 0.6 is 0 Å². The van der Waals surface area contributed by atoms with Gasteiger partial charge in [-0.1, -0.05) is 33.8 Å². The van der Waals surface area contributed by atoms with E-state index in [9.17, 15) is 4.79 Å². The molecule has 0 saturated carbocycles. The molecule has 0 fully saturated rings. The van der Waals surface area contributed by atoms with Gasteiger partial charge in [-0.3, -0.25) is 4.79 Å². The Bertz CT molecular complexity index is 483. The van der Waals surface area contributed by atoms with Crippen LogP contribution in [0.15, 0.2) is 18.2 Å². The molecule has 22 heavy (non-hydrogen) atoms. The number of hydrogen-bond donors (Lipinski definition) is 1. The second-order valence-corrected chi connectivity index (χ2v) is 6.37. The smallest absolute Gasteiger partial charge is 0.220 e. The van der Waals surface area contributed by atoms with E-state index < -0.39 is 0 Å². The zero-order valence-electron chi connectivity index (χ0n) is 14.6. The van der Waals surface area contributed by atoms with Gasteiger partial charge < -0.3 is 14.8 Å². The summed E-state index contributed by atoms with van der Waals surface area (Å²) in [4.78, 5) is 11.9. The molecule has 4 nitrogen and oxygen atoms in total. The van der Waals surface area contributed by atoms with Crippen LogP contribution in [0, 0.1) is 11.8 Å². The molecule has 0 heterocycles. The molecule has 1 rings (SSSR count). The molecule has 1 unspecified atom stereocenters. The molecule has 0 bridgehead atoms. The third kappa shape index (κ3) is 5.24. The minimum atomic E-state index is 0.112. The lowest BCUT2D eigenvalue weighted by molar-refractivity contribution is -0.121. The number of amides is 1. The molecule has 0 aliphatic carbocycles. The summed E-state index contributed by atoms with van der Waals surface area (Å²) < 4.78 is 10.7. The van der Waals surface area contributed by atoms with E-state index in [1.54, 1.807) is 14.2 Å². The van der Waals surface area contributed by atoms with Gasteiger partial charge in [0.1, 0.15) is 0 Å². The molecule has 0 aliphatic rings. The van der Waals surface area contributed by atoms with Crippen molar-refractivity contribution in [3.05, 3.63) is 23.8 Å². The van der Waals surface area contributed by atoms with Crippen LogP contribution in [0.25, 0.3) is 0 Å². The lowest BCUT2D eigenvalue weighted by Crippen LogP contribution is -2.31. The summed E-state index contributed by atoms with van der Waals surface area (Å²) in [5.41, 5.74) is 1.15. The van der Waals surface area contributed by atoms with Gasteiger partial charge in [0.15, 0.2) is 11.5 Å². The van der Waals surface area contributed by atoms with Gasteiger partial charge in [-0.15, -0.1) is 0 Å². The van der Waals surface area contributed by atoms with E-state index in [1.165, 1.54) is 0 Å². The molecule has 124 valence electrons. The Kier molecular flexibility index (Phi) is 7.22. The highest BCUT2D eigenvalue weighted by Crippen LogP contribution is 2.33. The molecule has 0 aromatic heterocycles. The second-order valence-electron chi connectivity index (χ2n) is 6.37. The maximum Gasteiger partial charge on any atom is 0.220 e. The Balaban J connectivity index is 2.85. The molecule has 4 heteroatoms. The molecule has 1 aromatic rings. The van der Waals surface area contributed by atoms with Crippen molar-refractivity contribution in [3.8, 4) is 11.5 Å². The molecular formula is C18H29NO3. The predicted octanol–water partition coefficient (Wildman–Crippen LogP) is 3.61.